The highest BCUT2D eigenvalue weighted by molar-refractivity contribution is 6.31. The van der Waals surface area contributed by atoms with Gasteiger partial charge in [-0.15, -0.1) is 0 Å². The van der Waals surface area contributed by atoms with Gasteiger partial charge in [0, 0.05) is 11.6 Å². The van der Waals surface area contributed by atoms with Gasteiger partial charge in [0.2, 0.25) is 0 Å². The fraction of sp³-hybridized carbons (Fsp3) is 0.682. The van der Waals surface area contributed by atoms with Gasteiger partial charge in [0.1, 0.15) is 0 Å². The number of nitrogens with two attached hydrogens (primary N) is 1. The van der Waals surface area contributed by atoms with E-state index in [0.717, 1.165) is 36.8 Å². The van der Waals surface area contributed by atoms with Crippen LogP contribution in [0.2, 0.25) is 5.02 Å². The molecule has 0 heterocycles. The molecule has 0 aliphatic heterocycles. The first-order chi connectivity index (χ1) is 12.5. The third kappa shape index (κ3) is 5.24. The van der Waals surface area contributed by atoms with Crippen molar-refractivity contribution < 1.29 is 14.6 Å². The molecule has 27 heavy (non-hydrogen) atoms. The van der Waals surface area contributed by atoms with Crippen molar-refractivity contribution in [2.24, 2.45) is 28.9 Å². The van der Waals surface area contributed by atoms with Gasteiger partial charge in [-0.1, -0.05) is 44.5 Å². The number of aryl methyl sites for hydroxylation is 1. The van der Waals surface area contributed by atoms with Gasteiger partial charge in [-0.05, 0) is 67.1 Å². The summed E-state index contributed by atoms with van der Waals surface area (Å²) >= 11 is 6.55. The zero-order valence-electron chi connectivity index (χ0n) is 17.2. The molecule has 1 fully saturated rings. The lowest BCUT2D eigenvalue weighted by atomic mass is 9.62. The molecule has 1 aliphatic carbocycles. The quantitative estimate of drug-likeness (QED) is 0.675. The summed E-state index contributed by atoms with van der Waals surface area (Å²) < 4.78 is 5.06. The molecule has 1 saturated carbocycles. The standard InChI is InChI=1S/C22H34ClNO3/c1-21(2,3)9-8-15-6-7-17(12-18(15)23)22(4,24)19(20(26)27-5)16-10-14(11-16)13-25/h6-7,12,14,16,19,25H,8-11,13,24H2,1-5H3/t14?,16?,19?,22-/m0/s1. The minimum atomic E-state index is -0.885. The molecule has 1 aliphatic rings. The number of ether oxygens (including phenoxy) is 1. The second-order valence-electron chi connectivity index (χ2n) is 9.43. The molecule has 152 valence electrons. The number of rotatable bonds is 7. The Bertz CT molecular complexity index is 660. The fourth-order valence-corrected chi connectivity index (χ4v) is 4.31. The molecule has 3 N–H and O–H groups in total. The molecule has 2 atom stereocenters. The highest BCUT2D eigenvalue weighted by Gasteiger charge is 2.48. The van der Waals surface area contributed by atoms with Crippen LogP contribution in [0.15, 0.2) is 18.2 Å². The summed E-state index contributed by atoms with van der Waals surface area (Å²) in [7, 11) is 1.40. The van der Waals surface area contributed by atoms with Gasteiger partial charge < -0.3 is 15.6 Å². The molecule has 0 saturated heterocycles. The van der Waals surface area contributed by atoms with Crippen LogP contribution in [0, 0.1) is 23.2 Å². The van der Waals surface area contributed by atoms with Gasteiger partial charge in [-0.25, -0.2) is 0 Å². The van der Waals surface area contributed by atoms with Crippen LogP contribution < -0.4 is 5.73 Å². The van der Waals surface area contributed by atoms with E-state index in [4.69, 9.17) is 22.1 Å². The molecule has 0 bridgehead atoms. The third-order valence-electron chi connectivity index (χ3n) is 5.92. The molecule has 1 aromatic rings. The van der Waals surface area contributed by atoms with E-state index in [1.165, 1.54) is 7.11 Å². The van der Waals surface area contributed by atoms with E-state index < -0.39 is 11.5 Å². The van der Waals surface area contributed by atoms with Crippen molar-refractivity contribution in [3.05, 3.63) is 34.3 Å². The molecule has 1 unspecified atom stereocenters. The summed E-state index contributed by atoms with van der Waals surface area (Å²) in [4.78, 5) is 12.5. The average Bonchev–Trinajstić information content (AvgIpc) is 2.54. The molecule has 0 aromatic heterocycles. The molecular weight excluding hydrogens is 362 g/mol. The Labute approximate surface area is 168 Å². The van der Waals surface area contributed by atoms with Crippen LogP contribution in [0.1, 0.15) is 58.1 Å². The van der Waals surface area contributed by atoms with Crippen molar-refractivity contribution in [2.45, 2.75) is 58.9 Å². The SMILES string of the molecule is COC(=O)C(C1CC(CO)C1)[C@@](C)(N)c1ccc(CCC(C)(C)C)c(Cl)c1. The van der Waals surface area contributed by atoms with Crippen LogP contribution in [-0.4, -0.2) is 24.8 Å². The second kappa shape index (κ2) is 8.50. The maximum absolute atomic E-state index is 12.5. The van der Waals surface area contributed by atoms with Gasteiger partial charge in [0.05, 0.1) is 18.6 Å². The average molecular weight is 396 g/mol. The number of aliphatic hydroxyl groups is 1. The molecule has 5 heteroatoms. The molecule has 0 amide bonds. The molecule has 0 spiro atoms. The number of carbonyl (C=O) groups excluding carboxylic acids is 1. The van der Waals surface area contributed by atoms with E-state index >= 15 is 0 Å². The van der Waals surface area contributed by atoms with Crippen molar-refractivity contribution in [1.29, 1.82) is 0 Å². The van der Waals surface area contributed by atoms with E-state index in [0.29, 0.717) is 5.02 Å². The number of carbonyl (C=O) groups is 1. The minimum Gasteiger partial charge on any atom is -0.469 e. The highest BCUT2D eigenvalue weighted by atomic mass is 35.5. The summed E-state index contributed by atoms with van der Waals surface area (Å²) in [6.45, 7) is 8.67. The Morgan fingerprint density at radius 1 is 1.33 bits per heavy atom. The van der Waals surface area contributed by atoms with E-state index in [-0.39, 0.29) is 29.8 Å². The third-order valence-corrected chi connectivity index (χ3v) is 6.27. The monoisotopic (exact) mass is 395 g/mol. The lowest BCUT2D eigenvalue weighted by Crippen LogP contribution is -2.52. The van der Waals surface area contributed by atoms with E-state index in [9.17, 15) is 9.90 Å². The predicted molar refractivity (Wildman–Crippen MR) is 110 cm³/mol. The Morgan fingerprint density at radius 3 is 2.44 bits per heavy atom. The number of hydrogen-bond acceptors (Lipinski definition) is 4. The first-order valence-electron chi connectivity index (χ1n) is 9.76. The molecule has 1 aromatic carbocycles. The van der Waals surface area contributed by atoms with E-state index in [1.54, 1.807) is 0 Å². The lowest BCUT2D eigenvalue weighted by molar-refractivity contribution is -0.153. The molecule has 2 rings (SSSR count). The molecule has 0 radical (unpaired) electrons. The Morgan fingerprint density at radius 2 is 1.96 bits per heavy atom. The summed E-state index contributed by atoms with van der Waals surface area (Å²) in [5.74, 6) is -0.388. The van der Waals surface area contributed by atoms with Crippen LogP contribution in [0.4, 0.5) is 0 Å². The van der Waals surface area contributed by atoms with Crippen molar-refractivity contribution in [3.8, 4) is 0 Å². The molecule has 4 nitrogen and oxygen atoms in total. The number of esters is 1. The van der Waals surface area contributed by atoms with Gasteiger partial charge in [0.15, 0.2) is 0 Å². The Hall–Kier alpha value is -1.10. The van der Waals surface area contributed by atoms with Crippen molar-refractivity contribution in [1.82, 2.24) is 0 Å². The first-order valence-corrected chi connectivity index (χ1v) is 10.1. The zero-order chi connectivity index (χ0) is 20.4. The zero-order valence-corrected chi connectivity index (χ0v) is 18.0. The van der Waals surface area contributed by atoms with Crippen molar-refractivity contribution in [3.63, 3.8) is 0 Å². The fourth-order valence-electron chi connectivity index (χ4n) is 4.04. The maximum atomic E-state index is 12.5. The van der Waals surface area contributed by atoms with Crippen LogP contribution in [-0.2, 0) is 21.5 Å². The summed E-state index contributed by atoms with van der Waals surface area (Å²) in [5, 5.41) is 10.0. The minimum absolute atomic E-state index is 0.115. The lowest BCUT2D eigenvalue weighted by Gasteiger charge is -2.45. The van der Waals surface area contributed by atoms with Gasteiger partial charge >= 0.3 is 5.97 Å². The predicted octanol–water partition coefficient (Wildman–Crippen LogP) is 4.30. The number of benzene rings is 1. The number of methoxy groups -OCH3 is 1. The molecular formula is C22H34ClNO3. The van der Waals surface area contributed by atoms with Gasteiger partial charge in [0.25, 0.3) is 0 Å². The first kappa shape index (κ1) is 22.2. The Kier molecular flexibility index (Phi) is 6.99. The second-order valence-corrected chi connectivity index (χ2v) is 9.84. The smallest absolute Gasteiger partial charge is 0.311 e. The maximum Gasteiger partial charge on any atom is 0.311 e. The van der Waals surface area contributed by atoms with Crippen LogP contribution in [0.3, 0.4) is 0 Å². The van der Waals surface area contributed by atoms with Gasteiger partial charge in [-0.3, -0.25) is 4.79 Å². The van der Waals surface area contributed by atoms with Crippen LogP contribution in [0.25, 0.3) is 0 Å². The van der Waals surface area contributed by atoms with E-state index in [1.807, 2.05) is 25.1 Å². The topological polar surface area (TPSA) is 72.5 Å². The number of aliphatic hydroxyl groups excluding tert-OH is 1. The summed E-state index contributed by atoms with van der Waals surface area (Å²) in [6.07, 6.45) is 3.54. The largest absolute Gasteiger partial charge is 0.469 e. The van der Waals surface area contributed by atoms with E-state index in [2.05, 4.69) is 20.8 Å². The Balaban J connectivity index is 2.24. The highest BCUT2D eigenvalue weighted by Crippen LogP contribution is 2.46. The summed E-state index contributed by atoms with van der Waals surface area (Å²) in [6, 6.07) is 5.92. The van der Waals surface area contributed by atoms with Crippen LogP contribution in [0.5, 0.6) is 0 Å². The number of halogens is 1. The number of hydrogen-bond donors (Lipinski definition) is 2. The van der Waals surface area contributed by atoms with Gasteiger partial charge in [-0.2, -0.15) is 0 Å². The van der Waals surface area contributed by atoms with Crippen LogP contribution >= 0.6 is 11.6 Å². The van der Waals surface area contributed by atoms with Crippen molar-refractivity contribution in [2.75, 3.05) is 13.7 Å². The summed E-state index contributed by atoms with van der Waals surface area (Å²) in [5.41, 5.74) is 8.00. The van der Waals surface area contributed by atoms with Crippen molar-refractivity contribution >= 4 is 17.6 Å². The normalized spacial score (nSPS) is 23.3.